The second-order valence-corrected chi connectivity index (χ2v) is 7.11. The number of carbonyl (C=O) groups is 2. The third kappa shape index (κ3) is 10.3. The maximum Gasteiger partial charge on any atom is 0.290 e. The molecule has 1 fully saturated rings. The fraction of sp³-hybridized carbons (Fsp3) is 0.500. The molecular weight excluding hydrogens is 434 g/mol. The molecule has 4 N–H and O–H groups in total. The third-order valence-corrected chi connectivity index (χ3v) is 4.92. The highest BCUT2D eigenvalue weighted by Crippen LogP contribution is 2.30. The summed E-state index contributed by atoms with van der Waals surface area (Å²) < 4.78 is 13.6. The van der Waals surface area contributed by atoms with E-state index in [1.54, 1.807) is 12.5 Å². The van der Waals surface area contributed by atoms with Gasteiger partial charge in [-0.1, -0.05) is 6.07 Å². The molecule has 0 radical (unpaired) electrons. The highest BCUT2D eigenvalue weighted by molar-refractivity contribution is 5.43. The first kappa shape index (κ1) is 27.9. The number of aromatic nitrogens is 2. The van der Waals surface area contributed by atoms with E-state index in [-0.39, 0.29) is 25.5 Å². The average molecular weight is 468 g/mol. The maximum absolute atomic E-state index is 10.1. The number of rotatable bonds is 9. The van der Waals surface area contributed by atoms with Gasteiger partial charge in [0.05, 0.1) is 25.6 Å². The number of aliphatic hydroxyl groups excluding tert-OH is 2. The lowest BCUT2D eigenvalue weighted by atomic mass is 9.94. The van der Waals surface area contributed by atoms with Crippen LogP contribution in [-0.2, 0) is 22.7 Å². The van der Waals surface area contributed by atoms with Gasteiger partial charge in [-0.25, -0.2) is 4.98 Å². The van der Waals surface area contributed by atoms with E-state index in [0.29, 0.717) is 19.8 Å². The zero-order chi connectivity index (χ0) is 24.5. The molecule has 11 heteroatoms. The fourth-order valence-corrected chi connectivity index (χ4v) is 3.38. The summed E-state index contributed by atoms with van der Waals surface area (Å²) in [6.45, 7) is 5.54. The molecule has 1 aliphatic heterocycles. The minimum atomic E-state index is -0.471. The van der Waals surface area contributed by atoms with Crippen molar-refractivity contribution in [3.8, 4) is 11.5 Å². The van der Waals surface area contributed by atoms with Gasteiger partial charge in [0, 0.05) is 38.0 Å². The van der Waals surface area contributed by atoms with Crippen LogP contribution in [0.5, 0.6) is 11.5 Å². The number of imidazole rings is 1. The van der Waals surface area contributed by atoms with Crippen LogP contribution in [0.3, 0.4) is 0 Å². The van der Waals surface area contributed by atoms with Gasteiger partial charge >= 0.3 is 0 Å². The topological polar surface area (TPSA) is 155 Å². The van der Waals surface area contributed by atoms with Gasteiger partial charge in [0.25, 0.3) is 12.9 Å². The van der Waals surface area contributed by atoms with E-state index in [0.717, 1.165) is 43.1 Å². The van der Waals surface area contributed by atoms with Crippen LogP contribution in [0.2, 0.25) is 0 Å². The highest BCUT2D eigenvalue weighted by Gasteiger charge is 2.27. The molecule has 3 rings (SSSR count). The minimum Gasteiger partial charge on any atom is -0.490 e. The van der Waals surface area contributed by atoms with Crippen molar-refractivity contribution in [3.05, 3.63) is 42.5 Å². The number of β-amino-alcohol motifs (C(OH)–C–C–N with tert-alkyl or cyclic N) is 1. The predicted molar refractivity (Wildman–Crippen MR) is 119 cm³/mol. The summed E-state index contributed by atoms with van der Waals surface area (Å²) in [7, 11) is 0. The first-order chi connectivity index (χ1) is 16.0. The van der Waals surface area contributed by atoms with Crippen LogP contribution in [0.25, 0.3) is 0 Å². The number of carboxylic acid groups (broad SMARTS) is 2. The lowest BCUT2D eigenvalue weighted by molar-refractivity contribution is -0.123. The molecule has 0 saturated carbocycles. The van der Waals surface area contributed by atoms with Crippen molar-refractivity contribution >= 4 is 12.9 Å². The molecule has 11 nitrogen and oxygen atoms in total. The molecule has 33 heavy (non-hydrogen) atoms. The van der Waals surface area contributed by atoms with Gasteiger partial charge in [0.15, 0.2) is 11.5 Å². The van der Waals surface area contributed by atoms with E-state index in [1.807, 2.05) is 35.9 Å². The molecule has 1 aromatic carbocycles. The van der Waals surface area contributed by atoms with Crippen molar-refractivity contribution < 1.29 is 39.5 Å². The van der Waals surface area contributed by atoms with Crippen molar-refractivity contribution in [2.45, 2.75) is 32.5 Å². The summed E-state index contributed by atoms with van der Waals surface area (Å²) in [6.07, 6.45) is 5.77. The number of ether oxygens (including phenoxy) is 2. The Morgan fingerprint density at radius 1 is 1.18 bits per heavy atom. The number of likely N-dealkylation sites (tertiary alicyclic amines) is 1. The Kier molecular flexibility index (Phi) is 13.9. The average Bonchev–Trinajstić information content (AvgIpc) is 3.30. The predicted octanol–water partition coefficient (Wildman–Crippen LogP) is 0.938. The quantitative estimate of drug-likeness (QED) is 0.392. The summed E-state index contributed by atoms with van der Waals surface area (Å²) >= 11 is 0. The number of aliphatic hydroxyl groups is 2. The Labute approximate surface area is 192 Å². The van der Waals surface area contributed by atoms with E-state index in [2.05, 4.69) is 9.88 Å². The summed E-state index contributed by atoms with van der Waals surface area (Å²) in [5.74, 6) is 1.47. The Morgan fingerprint density at radius 3 is 2.48 bits per heavy atom. The second-order valence-electron chi connectivity index (χ2n) is 7.11. The number of piperidine rings is 1. The van der Waals surface area contributed by atoms with E-state index < -0.39 is 6.10 Å². The van der Waals surface area contributed by atoms with Gasteiger partial charge in [0.2, 0.25) is 0 Å². The summed E-state index contributed by atoms with van der Waals surface area (Å²) in [5, 5.41) is 33.2. The molecule has 2 atom stereocenters. The molecule has 0 spiro atoms. The van der Waals surface area contributed by atoms with Gasteiger partial charge in [-0.15, -0.1) is 0 Å². The monoisotopic (exact) mass is 467 g/mol. The second kappa shape index (κ2) is 16.5. The summed E-state index contributed by atoms with van der Waals surface area (Å²) in [5.41, 5.74) is 1.12. The SMILES string of the molecule is CCOc1cc(CN2CC[C@H](CO)[C@H](O)C2)ccc1OCCn1ccnc1.O=CO.O=CO. The lowest BCUT2D eigenvalue weighted by Crippen LogP contribution is -2.44. The summed E-state index contributed by atoms with van der Waals surface area (Å²) in [6, 6.07) is 6.01. The normalized spacial score (nSPS) is 17.5. The van der Waals surface area contributed by atoms with Crippen LogP contribution in [0.4, 0.5) is 0 Å². The minimum absolute atomic E-state index is 0.00786. The number of nitrogens with zero attached hydrogens (tertiary/aromatic N) is 3. The molecule has 0 bridgehead atoms. The Bertz CT molecular complexity index is 782. The smallest absolute Gasteiger partial charge is 0.290 e. The zero-order valence-electron chi connectivity index (χ0n) is 18.7. The summed E-state index contributed by atoms with van der Waals surface area (Å²) in [4.78, 5) is 23.0. The third-order valence-electron chi connectivity index (χ3n) is 4.92. The van der Waals surface area contributed by atoms with Gasteiger partial charge in [0.1, 0.15) is 6.61 Å². The van der Waals surface area contributed by atoms with Crippen LogP contribution < -0.4 is 9.47 Å². The molecular formula is C22H33N3O8. The fourth-order valence-electron chi connectivity index (χ4n) is 3.38. The molecule has 0 amide bonds. The van der Waals surface area contributed by atoms with E-state index in [9.17, 15) is 10.2 Å². The van der Waals surface area contributed by atoms with Gasteiger partial charge < -0.3 is 34.5 Å². The van der Waals surface area contributed by atoms with Gasteiger partial charge in [-0.05, 0) is 37.6 Å². The van der Waals surface area contributed by atoms with Gasteiger partial charge in [-0.3, -0.25) is 14.5 Å². The molecule has 1 saturated heterocycles. The standard InChI is InChI=1S/C20H29N3O4.2CH2O2/c1-2-26-20-11-16(12-23-7-5-17(14-24)18(25)13-23)3-4-19(20)27-10-9-22-8-6-21-15-22;2*2-1-3/h3-4,6,8,11,15,17-18,24-25H,2,5,7,9-10,12-14H2,1H3;2*1H,(H,2,3)/t17-,18-;;/m1../s1. The molecule has 2 heterocycles. The highest BCUT2D eigenvalue weighted by atomic mass is 16.5. The largest absolute Gasteiger partial charge is 0.490 e. The van der Waals surface area contributed by atoms with Crippen molar-refractivity contribution in [2.24, 2.45) is 5.92 Å². The molecule has 0 aliphatic carbocycles. The van der Waals surface area contributed by atoms with Crippen LogP contribution in [0, 0.1) is 5.92 Å². The van der Waals surface area contributed by atoms with E-state index in [4.69, 9.17) is 29.3 Å². The first-order valence-corrected chi connectivity index (χ1v) is 10.5. The molecule has 2 aromatic rings. The van der Waals surface area contributed by atoms with Crippen molar-refractivity contribution in [1.82, 2.24) is 14.5 Å². The molecule has 1 aromatic heterocycles. The van der Waals surface area contributed by atoms with Crippen molar-refractivity contribution in [2.75, 3.05) is 32.9 Å². The Morgan fingerprint density at radius 2 is 1.91 bits per heavy atom. The van der Waals surface area contributed by atoms with Crippen molar-refractivity contribution in [1.29, 1.82) is 0 Å². The van der Waals surface area contributed by atoms with Crippen molar-refractivity contribution in [3.63, 3.8) is 0 Å². The van der Waals surface area contributed by atoms with E-state index in [1.165, 1.54) is 0 Å². The van der Waals surface area contributed by atoms with E-state index >= 15 is 0 Å². The Balaban J connectivity index is 0.000000819. The maximum atomic E-state index is 10.1. The number of benzene rings is 1. The lowest BCUT2D eigenvalue weighted by Gasteiger charge is -2.35. The molecule has 0 unspecified atom stereocenters. The van der Waals surface area contributed by atoms with Crippen LogP contribution in [-0.4, -0.2) is 86.8 Å². The molecule has 184 valence electrons. The van der Waals surface area contributed by atoms with Crippen LogP contribution in [0.1, 0.15) is 18.9 Å². The first-order valence-electron chi connectivity index (χ1n) is 10.5. The zero-order valence-corrected chi connectivity index (χ0v) is 18.7. The number of hydrogen-bond donors (Lipinski definition) is 4. The molecule has 1 aliphatic rings. The van der Waals surface area contributed by atoms with Crippen LogP contribution in [0.15, 0.2) is 36.9 Å². The van der Waals surface area contributed by atoms with Crippen LogP contribution >= 0.6 is 0 Å². The number of hydrogen-bond acceptors (Lipinski definition) is 8. The van der Waals surface area contributed by atoms with Gasteiger partial charge in [-0.2, -0.15) is 0 Å². The Hall–Kier alpha value is -3.15.